The van der Waals surface area contributed by atoms with Gasteiger partial charge in [-0.1, -0.05) is 18.2 Å². The molecule has 1 heterocycles. The highest BCUT2D eigenvalue weighted by molar-refractivity contribution is 6.01. The van der Waals surface area contributed by atoms with E-state index in [4.69, 9.17) is 4.74 Å². The van der Waals surface area contributed by atoms with Crippen molar-refractivity contribution in [1.29, 1.82) is 0 Å². The van der Waals surface area contributed by atoms with Gasteiger partial charge in [-0.15, -0.1) is 0 Å². The third-order valence-corrected chi connectivity index (χ3v) is 3.97. The zero-order valence-corrected chi connectivity index (χ0v) is 12.7. The molecule has 23 heavy (non-hydrogen) atoms. The lowest BCUT2D eigenvalue weighted by molar-refractivity contribution is -0.137. The zero-order valence-electron chi connectivity index (χ0n) is 12.7. The third-order valence-electron chi connectivity index (χ3n) is 3.97. The summed E-state index contributed by atoms with van der Waals surface area (Å²) in [5.41, 5.74) is 2.25. The monoisotopic (exact) mass is 320 g/mol. The van der Waals surface area contributed by atoms with Gasteiger partial charge in [0.15, 0.2) is 5.78 Å². The topological polar surface area (TPSA) is 26.3 Å². The standard InChI is InChI=1S/C18H15F3O2/c1-10-7-11(2)17-14(22)9-15(23-16(17)8-10)12-3-5-13(6-4-12)18(19,20)21/h3-8,15H,9H2,1-2H3/t15-/m0/s1. The Morgan fingerprint density at radius 2 is 1.74 bits per heavy atom. The third kappa shape index (κ3) is 2.96. The molecule has 0 N–H and O–H groups in total. The van der Waals surface area contributed by atoms with Crippen LogP contribution >= 0.6 is 0 Å². The molecule has 0 unspecified atom stereocenters. The Morgan fingerprint density at radius 1 is 1.09 bits per heavy atom. The number of carbonyl (C=O) groups is 1. The average Bonchev–Trinajstić information content (AvgIpc) is 2.45. The van der Waals surface area contributed by atoms with Gasteiger partial charge < -0.3 is 4.74 Å². The van der Waals surface area contributed by atoms with Crippen LogP contribution in [0.15, 0.2) is 36.4 Å². The highest BCUT2D eigenvalue weighted by Crippen LogP contribution is 2.38. The van der Waals surface area contributed by atoms with Gasteiger partial charge in [-0.05, 0) is 48.7 Å². The Labute approximate surface area is 131 Å². The first-order chi connectivity index (χ1) is 10.8. The van der Waals surface area contributed by atoms with Crippen LogP contribution in [0.1, 0.15) is 45.1 Å². The molecule has 3 rings (SSSR count). The molecule has 1 atom stereocenters. The summed E-state index contributed by atoms with van der Waals surface area (Å²) in [5, 5.41) is 0. The Balaban J connectivity index is 1.93. The molecular formula is C18H15F3O2. The molecule has 0 aliphatic carbocycles. The average molecular weight is 320 g/mol. The maximum Gasteiger partial charge on any atom is 0.416 e. The second-order valence-corrected chi connectivity index (χ2v) is 5.81. The van der Waals surface area contributed by atoms with Crippen molar-refractivity contribution in [2.45, 2.75) is 32.5 Å². The van der Waals surface area contributed by atoms with Crippen LogP contribution in [-0.4, -0.2) is 5.78 Å². The minimum Gasteiger partial charge on any atom is -0.484 e. The molecular weight excluding hydrogens is 305 g/mol. The summed E-state index contributed by atoms with van der Waals surface area (Å²) >= 11 is 0. The fourth-order valence-corrected chi connectivity index (χ4v) is 2.92. The Morgan fingerprint density at radius 3 is 2.35 bits per heavy atom. The molecule has 0 bridgehead atoms. The molecule has 0 aromatic heterocycles. The number of rotatable bonds is 1. The predicted octanol–water partition coefficient (Wildman–Crippen LogP) is 5.03. The van der Waals surface area contributed by atoms with E-state index in [0.717, 1.165) is 23.3 Å². The predicted molar refractivity (Wildman–Crippen MR) is 79.7 cm³/mol. The fraction of sp³-hybridized carbons (Fsp3) is 0.278. The summed E-state index contributed by atoms with van der Waals surface area (Å²) < 4.78 is 43.7. The van der Waals surface area contributed by atoms with E-state index in [1.54, 1.807) is 6.07 Å². The first-order valence-corrected chi connectivity index (χ1v) is 7.24. The summed E-state index contributed by atoms with van der Waals surface area (Å²) in [5.74, 6) is 0.456. The number of ether oxygens (including phenoxy) is 1. The number of Topliss-reactive ketones (excluding diaryl/α,β-unsaturated/α-hetero) is 1. The highest BCUT2D eigenvalue weighted by atomic mass is 19.4. The molecule has 0 fully saturated rings. The van der Waals surface area contributed by atoms with E-state index in [1.165, 1.54) is 12.1 Å². The van der Waals surface area contributed by atoms with Gasteiger partial charge in [0.05, 0.1) is 17.5 Å². The van der Waals surface area contributed by atoms with Crippen molar-refractivity contribution >= 4 is 5.78 Å². The van der Waals surface area contributed by atoms with E-state index >= 15 is 0 Å². The molecule has 2 aromatic carbocycles. The van der Waals surface area contributed by atoms with E-state index in [2.05, 4.69) is 0 Å². The van der Waals surface area contributed by atoms with Crippen LogP contribution in [0.3, 0.4) is 0 Å². The Kier molecular flexibility index (Phi) is 3.66. The molecule has 0 amide bonds. The van der Waals surface area contributed by atoms with Gasteiger partial charge in [-0.25, -0.2) is 0 Å². The van der Waals surface area contributed by atoms with E-state index < -0.39 is 17.8 Å². The number of carbonyl (C=O) groups excluding carboxylic acids is 1. The van der Waals surface area contributed by atoms with Gasteiger partial charge >= 0.3 is 6.18 Å². The number of hydrogen-bond donors (Lipinski definition) is 0. The quantitative estimate of drug-likeness (QED) is 0.737. The van der Waals surface area contributed by atoms with Gasteiger partial charge in [0, 0.05) is 0 Å². The molecule has 0 saturated carbocycles. The first-order valence-electron chi connectivity index (χ1n) is 7.24. The Bertz CT molecular complexity index is 761. The number of benzene rings is 2. The van der Waals surface area contributed by atoms with E-state index in [9.17, 15) is 18.0 Å². The molecule has 1 aliphatic heterocycles. The molecule has 0 saturated heterocycles. The molecule has 0 radical (unpaired) electrons. The maximum atomic E-state index is 12.6. The number of ketones is 1. The van der Waals surface area contributed by atoms with Gasteiger partial charge in [-0.3, -0.25) is 4.79 Å². The second kappa shape index (κ2) is 5.41. The molecule has 0 spiro atoms. The lowest BCUT2D eigenvalue weighted by atomic mass is 9.92. The summed E-state index contributed by atoms with van der Waals surface area (Å²) in [6.07, 6.45) is -4.80. The van der Waals surface area contributed by atoms with Crippen molar-refractivity contribution in [3.63, 3.8) is 0 Å². The van der Waals surface area contributed by atoms with Crippen molar-refractivity contribution in [2.24, 2.45) is 0 Å². The van der Waals surface area contributed by atoms with Crippen molar-refractivity contribution in [1.82, 2.24) is 0 Å². The van der Waals surface area contributed by atoms with Gasteiger partial charge in [0.1, 0.15) is 11.9 Å². The summed E-state index contributed by atoms with van der Waals surface area (Å²) in [7, 11) is 0. The lowest BCUT2D eigenvalue weighted by Gasteiger charge is -2.27. The number of aryl methyl sites for hydroxylation is 2. The molecule has 120 valence electrons. The van der Waals surface area contributed by atoms with E-state index in [-0.39, 0.29) is 12.2 Å². The normalized spacial score (nSPS) is 17.6. The first kappa shape index (κ1) is 15.6. The number of alkyl halides is 3. The van der Waals surface area contributed by atoms with Gasteiger partial charge in [0.25, 0.3) is 0 Å². The minimum absolute atomic E-state index is 0.0475. The van der Waals surface area contributed by atoms with Crippen LogP contribution in [0.25, 0.3) is 0 Å². The van der Waals surface area contributed by atoms with Crippen molar-refractivity contribution < 1.29 is 22.7 Å². The van der Waals surface area contributed by atoms with Crippen LogP contribution in [0, 0.1) is 13.8 Å². The SMILES string of the molecule is Cc1cc(C)c2c(c1)O[C@H](c1ccc(C(F)(F)F)cc1)CC2=O. The van der Waals surface area contributed by atoms with Crippen LogP contribution in [0.2, 0.25) is 0 Å². The summed E-state index contributed by atoms with van der Waals surface area (Å²) in [4.78, 5) is 12.4. The van der Waals surface area contributed by atoms with Crippen molar-refractivity contribution in [3.05, 3.63) is 64.2 Å². The summed E-state index contributed by atoms with van der Waals surface area (Å²) in [6, 6.07) is 8.47. The van der Waals surface area contributed by atoms with Crippen molar-refractivity contribution in [3.8, 4) is 5.75 Å². The number of halogens is 3. The largest absolute Gasteiger partial charge is 0.484 e. The van der Waals surface area contributed by atoms with E-state index in [1.807, 2.05) is 19.9 Å². The molecule has 5 heteroatoms. The fourth-order valence-electron chi connectivity index (χ4n) is 2.92. The lowest BCUT2D eigenvalue weighted by Crippen LogP contribution is -2.21. The number of fused-ring (bicyclic) bond motifs is 1. The Hall–Kier alpha value is -2.30. The highest BCUT2D eigenvalue weighted by Gasteiger charge is 2.32. The minimum atomic E-state index is -4.37. The van der Waals surface area contributed by atoms with Crippen LogP contribution in [0.4, 0.5) is 13.2 Å². The van der Waals surface area contributed by atoms with Gasteiger partial charge in [0.2, 0.25) is 0 Å². The smallest absolute Gasteiger partial charge is 0.416 e. The van der Waals surface area contributed by atoms with Crippen LogP contribution < -0.4 is 4.74 Å². The zero-order chi connectivity index (χ0) is 16.8. The van der Waals surface area contributed by atoms with Crippen LogP contribution in [-0.2, 0) is 6.18 Å². The molecule has 1 aliphatic rings. The molecule has 2 aromatic rings. The summed E-state index contributed by atoms with van der Waals surface area (Å²) in [6.45, 7) is 3.76. The van der Waals surface area contributed by atoms with Gasteiger partial charge in [-0.2, -0.15) is 13.2 Å². The maximum absolute atomic E-state index is 12.6. The van der Waals surface area contributed by atoms with E-state index in [0.29, 0.717) is 16.9 Å². The molecule has 2 nitrogen and oxygen atoms in total. The second-order valence-electron chi connectivity index (χ2n) is 5.81. The van der Waals surface area contributed by atoms with Crippen LogP contribution in [0.5, 0.6) is 5.75 Å². The van der Waals surface area contributed by atoms with Crippen molar-refractivity contribution in [2.75, 3.05) is 0 Å². The number of hydrogen-bond acceptors (Lipinski definition) is 2.